The van der Waals surface area contributed by atoms with Crippen molar-refractivity contribution in [3.05, 3.63) is 40.5 Å². The molecule has 3 rings (SSSR count). The standard InChI is InChI=1S/C14H14ClN5S/c1-8-9-5-3-4-6-10(9)17-11(12(8)15)7-21-14-19-18-13(16)20(14)2/h3-6H,7H2,1-2H3,(H2,16,18). The third-order valence-corrected chi connectivity index (χ3v) is 4.89. The van der Waals surface area contributed by atoms with Gasteiger partial charge in [-0.3, -0.25) is 9.55 Å². The number of anilines is 1. The monoisotopic (exact) mass is 319 g/mol. The van der Waals surface area contributed by atoms with E-state index in [2.05, 4.69) is 15.2 Å². The van der Waals surface area contributed by atoms with Gasteiger partial charge >= 0.3 is 0 Å². The largest absolute Gasteiger partial charge is 0.368 e. The first kappa shape index (κ1) is 14.2. The Bertz CT molecular complexity index is 814. The predicted molar refractivity (Wildman–Crippen MR) is 86.5 cm³/mol. The highest BCUT2D eigenvalue weighted by Crippen LogP contribution is 2.30. The first-order chi connectivity index (χ1) is 10.1. The molecule has 108 valence electrons. The van der Waals surface area contributed by atoms with Crippen LogP contribution in [0.4, 0.5) is 5.95 Å². The maximum atomic E-state index is 6.44. The summed E-state index contributed by atoms with van der Waals surface area (Å²) in [6, 6.07) is 7.99. The molecule has 0 aliphatic heterocycles. The van der Waals surface area contributed by atoms with E-state index in [1.807, 2.05) is 38.2 Å². The van der Waals surface area contributed by atoms with Crippen molar-refractivity contribution >= 4 is 40.2 Å². The van der Waals surface area contributed by atoms with E-state index in [9.17, 15) is 0 Å². The van der Waals surface area contributed by atoms with Crippen molar-refractivity contribution < 1.29 is 0 Å². The maximum absolute atomic E-state index is 6.44. The van der Waals surface area contributed by atoms with Gasteiger partial charge in [-0.05, 0) is 18.6 Å². The number of pyridine rings is 1. The first-order valence-electron chi connectivity index (χ1n) is 6.39. The lowest BCUT2D eigenvalue weighted by molar-refractivity contribution is 0.795. The normalized spacial score (nSPS) is 11.2. The van der Waals surface area contributed by atoms with Gasteiger partial charge in [0.05, 0.1) is 16.2 Å². The Labute approximate surface area is 131 Å². The maximum Gasteiger partial charge on any atom is 0.222 e. The fourth-order valence-electron chi connectivity index (χ4n) is 2.10. The molecule has 5 nitrogen and oxygen atoms in total. The molecule has 0 saturated carbocycles. The summed E-state index contributed by atoms with van der Waals surface area (Å²) in [5, 5.41) is 10.4. The second-order valence-electron chi connectivity index (χ2n) is 4.70. The van der Waals surface area contributed by atoms with E-state index in [0.29, 0.717) is 16.7 Å². The lowest BCUT2D eigenvalue weighted by Gasteiger charge is -2.09. The number of rotatable bonds is 3. The van der Waals surface area contributed by atoms with E-state index in [1.165, 1.54) is 11.8 Å². The average Bonchev–Trinajstić information content (AvgIpc) is 2.81. The Morgan fingerprint density at radius 2 is 2.05 bits per heavy atom. The molecule has 0 saturated heterocycles. The summed E-state index contributed by atoms with van der Waals surface area (Å²) in [6.07, 6.45) is 0. The highest BCUT2D eigenvalue weighted by molar-refractivity contribution is 7.98. The van der Waals surface area contributed by atoms with Crippen molar-refractivity contribution in [2.45, 2.75) is 17.8 Å². The molecule has 21 heavy (non-hydrogen) atoms. The third-order valence-electron chi connectivity index (χ3n) is 3.35. The van der Waals surface area contributed by atoms with Gasteiger partial charge in [-0.1, -0.05) is 41.6 Å². The van der Waals surface area contributed by atoms with Crippen molar-refractivity contribution in [2.75, 3.05) is 5.73 Å². The van der Waals surface area contributed by atoms with Gasteiger partial charge in [-0.15, -0.1) is 10.2 Å². The Morgan fingerprint density at radius 1 is 1.29 bits per heavy atom. The molecule has 2 N–H and O–H groups in total. The number of para-hydroxylation sites is 1. The summed E-state index contributed by atoms with van der Waals surface area (Å²) in [5.74, 6) is 1.02. The van der Waals surface area contributed by atoms with E-state index in [1.54, 1.807) is 4.57 Å². The van der Waals surface area contributed by atoms with Crippen LogP contribution >= 0.6 is 23.4 Å². The highest BCUT2D eigenvalue weighted by atomic mass is 35.5. The molecule has 3 aromatic rings. The molecule has 0 radical (unpaired) electrons. The molecule has 2 aromatic heterocycles. The second-order valence-corrected chi connectivity index (χ2v) is 6.02. The van der Waals surface area contributed by atoms with Gasteiger partial charge in [-0.25, -0.2) is 0 Å². The van der Waals surface area contributed by atoms with E-state index >= 15 is 0 Å². The van der Waals surface area contributed by atoms with Crippen LogP contribution in [0.25, 0.3) is 10.9 Å². The molecule has 0 aliphatic carbocycles. The van der Waals surface area contributed by atoms with Gasteiger partial charge < -0.3 is 5.73 Å². The van der Waals surface area contributed by atoms with Crippen molar-refractivity contribution in [3.8, 4) is 0 Å². The molecule has 0 fully saturated rings. The molecule has 7 heteroatoms. The number of nitrogens with zero attached hydrogens (tertiary/aromatic N) is 4. The molecule has 0 atom stereocenters. The summed E-state index contributed by atoms with van der Waals surface area (Å²) < 4.78 is 1.74. The molecule has 2 heterocycles. The lowest BCUT2D eigenvalue weighted by Crippen LogP contribution is -1.99. The van der Waals surface area contributed by atoms with Crippen LogP contribution in [0.15, 0.2) is 29.4 Å². The molecule has 0 unspecified atom stereocenters. The van der Waals surface area contributed by atoms with Crippen molar-refractivity contribution in [1.82, 2.24) is 19.7 Å². The van der Waals surface area contributed by atoms with Gasteiger partial charge in [0.2, 0.25) is 5.95 Å². The van der Waals surface area contributed by atoms with Crippen LogP contribution in [0.1, 0.15) is 11.3 Å². The SMILES string of the molecule is Cc1c(Cl)c(CSc2nnc(N)n2C)nc2ccccc12. The molecule has 0 amide bonds. The molecule has 0 spiro atoms. The number of aromatic nitrogens is 4. The number of hydrogen-bond acceptors (Lipinski definition) is 5. The van der Waals surface area contributed by atoms with E-state index in [4.69, 9.17) is 17.3 Å². The van der Waals surface area contributed by atoms with Gasteiger partial charge in [-0.2, -0.15) is 0 Å². The minimum Gasteiger partial charge on any atom is -0.368 e. The zero-order chi connectivity index (χ0) is 15.0. The second kappa shape index (κ2) is 5.54. The van der Waals surface area contributed by atoms with E-state index in [0.717, 1.165) is 27.3 Å². The van der Waals surface area contributed by atoms with E-state index < -0.39 is 0 Å². The number of aryl methyl sites for hydroxylation is 1. The van der Waals surface area contributed by atoms with Crippen LogP contribution in [0.3, 0.4) is 0 Å². The van der Waals surface area contributed by atoms with Crippen LogP contribution in [-0.2, 0) is 12.8 Å². The van der Waals surface area contributed by atoms with Crippen molar-refractivity contribution in [3.63, 3.8) is 0 Å². The number of halogens is 1. The first-order valence-corrected chi connectivity index (χ1v) is 7.75. The van der Waals surface area contributed by atoms with E-state index in [-0.39, 0.29) is 0 Å². The number of benzene rings is 1. The van der Waals surface area contributed by atoms with Crippen LogP contribution in [0, 0.1) is 6.92 Å². The molecular weight excluding hydrogens is 306 g/mol. The minimum absolute atomic E-state index is 0.395. The molecule has 0 bridgehead atoms. The fraction of sp³-hybridized carbons (Fsp3) is 0.214. The van der Waals surface area contributed by atoms with Crippen LogP contribution in [0.2, 0.25) is 5.02 Å². The highest BCUT2D eigenvalue weighted by Gasteiger charge is 2.12. The quantitative estimate of drug-likeness (QED) is 0.751. The summed E-state index contributed by atoms with van der Waals surface area (Å²) in [7, 11) is 1.83. The Kier molecular flexibility index (Phi) is 3.73. The predicted octanol–water partition coefficient (Wildman–Crippen LogP) is 3.20. The number of fused-ring (bicyclic) bond motifs is 1. The van der Waals surface area contributed by atoms with Gasteiger partial charge in [0.15, 0.2) is 5.16 Å². The Morgan fingerprint density at radius 3 is 2.76 bits per heavy atom. The van der Waals surface area contributed by atoms with Crippen LogP contribution in [-0.4, -0.2) is 19.7 Å². The average molecular weight is 320 g/mol. The third kappa shape index (κ3) is 2.56. The lowest BCUT2D eigenvalue weighted by atomic mass is 10.1. The zero-order valence-electron chi connectivity index (χ0n) is 11.7. The Hall–Kier alpha value is -1.79. The fourth-order valence-corrected chi connectivity index (χ4v) is 3.25. The Balaban J connectivity index is 1.94. The topological polar surface area (TPSA) is 69.6 Å². The van der Waals surface area contributed by atoms with Crippen molar-refractivity contribution in [2.24, 2.45) is 7.05 Å². The number of thioether (sulfide) groups is 1. The molecular formula is C14H14ClN5S. The van der Waals surface area contributed by atoms with Gasteiger partial charge in [0, 0.05) is 18.2 Å². The zero-order valence-corrected chi connectivity index (χ0v) is 13.2. The van der Waals surface area contributed by atoms with Crippen molar-refractivity contribution in [1.29, 1.82) is 0 Å². The molecule has 1 aromatic carbocycles. The summed E-state index contributed by atoms with van der Waals surface area (Å²) in [4.78, 5) is 4.65. The van der Waals surface area contributed by atoms with Crippen LogP contribution in [0.5, 0.6) is 0 Å². The summed E-state index contributed by atoms with van der Waals surface area (Å²) >= 11 is 7.95. The van der Waals surface area contributed by atoms with Gasteiger partial charge in [0.25, 0.3) is 0 Å². The van der Waals surface area contributed by atoms with Crippen LogP contribution < -0.4 is 5.73 Å². The minimum atomic E-state index is 0.395. The van der Waals surface area contributed by atoms with Gasteiger partial charge in [0.1, 0.15) is 0 Å². The summed E-state index contributed by atoms with van der Waals surface area (Å²) in [6.45, 7) is 2.01. The summed E-state index contributed by atoms with van der Waals surface area (Å²) in [5.41, 5.74) is 8.52. The number of hydrogen-bond donors (Lipinski definition) is 1. The smallest absolute Gasteiger partial charge is 0.222 e. The molecule has 0 aliphatic rings. The number of nitrogen functional groups attached to an aromatic ring is 1. The number of nitrogens with two attached hydrogens (primary N) is 1.